The van der Waals surface area contributed by atoms with Crippen LogP contribution >= 0.6 is 0 Å². The number of carbonyl (C=O) groups excluding carboxylic acids is 2. The number of nitro benzene ring substituents is 1. The van der Waals surface area contributed by atoms with Crippen molar-refractivity contribution in [2.45, 2.75) is 4.90 Å². The van der Waals surface area contributed by atoms with E-state index in [1.54, 1.807) is 17.0 Å². The summed E-state index contributed by atoms with van der Waals surface area (Å²) >= 11 is 0. The van der Waals surface area contributed by atoms with Gasteiger partial charge in [-0.15, -0.1) is 0 Å². The highest BCUT2D eigenvalue weighted by molar-refractivity contribution is 7.89. The molecular weight excluding hydrogens is 440 g/mol. The summed E-state index contributed by atoms with van der Waals surface area (Å²) in [6, 6.07) is 11.6. The van der Waals surface area contributed by atoms with Crippen LogP contribution < -0.4 is 9.62 Å². The second kappa shape index (κ2) is 9.75. The molecule has 170 valence electrons. The number of hydrogen-bond donors (Lipinski definition) is 1. The van der Waals surface area contributed by atoms with Gasteiger partial charge in [0.2, 0.25) is 10.0 Å². The summed E-state index contributed by atoms with van der Waals surface area (Å²) < 4.78 is 31.0. The van der Waals surface area contributed by atoms with Gasteiger partial charge in [0.15, 0.2) is 6.61 Å². The van der Waals surface area contributed by atoms with Gasteiger partial charge in [0, 0.05) is 44.0 Å². The van der Waals surface area contributed by atoms with Crippen LogP contribution in [0.5, 0.6) is 0 Å². The Morgan fingerprint density at radius 1 is 1.09 bits per heavy atom. The van der Waals surface area contributed by atoms with Crippen molar-refractivity contribution in [3.63, 3.8) is 0 Å². The molecule has 0 aromatic heterocycles. The summed E-state index contributed by atoms with van der Waals surface area (Å²) in [4.78, 5) is 38.5. The number of carbonyl (C=O) groups is 2. The molecule has 0 unspecified atom stereocenters. The molecule has 11 nitrogen and oxygen atoms in total. The predicted molar refractivity (Wildman–Crippen MR) is 115 cm³/mol. The van der Waals surface area contributed by atoms with Crippen LogP contribution in [0.4, 0.5) is 11.4 Å². The Labute approximate surface area is 184 Å². The summed E-state index contributed by atoms with van der Waals surface area (Å²) in [5.74, 6) is -1.16. The maximum absolute atomic E-state index is 12.4. The number of nitrogens with one attached hydrogen (secondary N) is 1. The fourth-order valence-electron chi connectivity index (χ4n) is 3.21. The minimum absolute atomic E-state index is 0.0125. The third-order valence-electron chi connectivity index (χ3n) is 5.03. The van der Waals surface area contributed by atoms with Crippen LogP contribution in [-0.2, 0) is 19.6 Å². The lowest BCUT2D eigenvalue weighted by Gasteiger charge is -2.36. The first-order valence-corrected chi connectivity index (χ1v) is 11.2. The van der Waals surface area contributed by atoms with Crippen LogP contribution in [0.1, 0.15) is 10.4 Å². The molecular formula is C20H22N4O7S. The second-order valence-electron chi connectivity index (χ2n) is 6.95. The molecule has 2 aromatic carbocycles. The van der Waals surface area contributed by atoms with E-state index in [2.05, 4.69) is 4.72 Å². The lowest BCUT2D eigenvalue weighted by atomic mass is 10.2. The Kier molecular flexibility index (Phi) is 7.05. The number of rotatable bonds is 7. The predicted octanol–water partition coefficient (Wildman–Crippen LogP) is 1.01. The van der Waals surface area contributed by atoms with Gasteiger partial charge in [0.05, 0.1) is 15.4 Å². The van der Waals surface area contributed by atoms with E-state index >= 15 is 0 Å². The van der Waals surface area contributed by atoms with E-state index in [0.29, 0.717) is 26.2 Å². The third-order valence-corrected chi connectivity index (χ3v) is 6.45. The minimum Gasteiger partial charge on any atom is -0.452 e. The summed E-state index contributed by atoms with van der Waals surface area (Å²) in [6.45, 7) is 1.41. The van der Waals surface area contributed by atoms with E-state index in [0.717, 1.165) is 5.69 Å². The molecule has 12 heteroatoms. The zero-order valence-electron chi connectivity index (χ0n) is 17.3. The van der Waals surface area contributed by atoms with E-state index in [1.807, 2.05) is 4.90 Å². The molecule has 1 saturated heterocycles. The number of sulfonamides is 1. The van der Waals surface area contributed by atoms with E-state index in [9.17, 15) is 28.1 Å². The molecule has 1 aliphatic rings. The lowest BCUT2D eigenvalue weighted by molar-refractivity contribution is -0.384. The van der Waals surface area contributed by atoms with Gasteiger partial charge in [-0.2, -0.15) is 0 Å². The zero-order valence-corrected chi connectivity index (χ0v) is 18.1. The van der Waals surface area contributed by atoms with Crippen LogP contribution in [0, 0.1) is 10.1 Å². The maximum Gasteiger partial charge on any atom is 0.338 e. The standard InChI is InChI=1S/C20H22N4O7S/c1-21-32(29,30)18-4-2-3-15(13-18)20(26)31-14-19(25)23-11-9-22(10-12-23)16-5-7-17(8-6-16)24(27)28/h2-8,13,21H,9-12,14H2,1H3. The number of esters is 1. The first-order valence-electron chi connectivity index (χ1n) is 9.69. The van der Waals surface area contributed by atoms with E-state index < -0.39 is 27.5 Å². The van der Waals surface area contributed by atoms with Crippen molar-refractivity contribution in [1.82, 2.24) is 9.62 Å². The number of nitro groups is 1. The molecule has 2 aromatic rings. The normalized spacial score (nSPS) is 14.2. The number of piperazine rings is 1. The number of ether oxygens (including phenoxy) is 1. The smallest absolute Gasteiger partial charge is 0.338 e. The Bertz CT molecular complexity index is 1110. The average molecular weight is 462 g/mol. The number of non-ortho nitro benzene ring substituents is 1. The highest BCUT2D eigenvalue weighted by atomic mass is 32.2. The van der Waals surface area contributed by atoms with Gasteiger partial charge in [-0.3, -0.25) is 14.9 Å². The van der Waals surface area contributed by atoms with Crippen LogP contribution in [0.2, 0.25) is 0 Å². The second-order valence-corrected chi connectivity index (χ2v) is 8.84. The van der Waals surface area contributed by atoms with Crippen LogP contribution in [-0.4, -0.2) is 70.0 Å². The van der Waals surface area contributed by atoms with Crippen molar-refractivity contribution < 1.29 is 27.7 Å². The molecule has 1 N–H and O–H groups in total. The van der Waals surface area contributed by atoms with Gasteiger partial charge in [-0.25, -0.2) is 17.9 Å². The van der Waals surface area contributed by atoms with Crippen LogP contribution in [0.15, 0.2) is 53.4 Å². The zero-order chi connectivity index (χ0) is 23.3. The van der Waals surface area contributed by atoms with Crippen molar-refractivity contribution >= 4 is 33.3 Å². The Hall–Kier alpha value is -3.51. The molecule has 1 aliphatic heterocycles. The number of benzene rings is 2. The van der Waals surface area contributed by atoms with Gasteiger partial charge < -0.3 is 14.5 Å². The Balaban J connectivity index is 1.51. The molecule has 0 saturated carbocycles. The summed E-state index contributed by atoms with van der Waals surface area (Å²) in [5, 5.41) is 10.8. The van der Waals surface area contributed by atoms with Crippen molar-refractivity contribution in [3.05, 3.63) is 64.2 Å². The Morgan fingerprint density at radius 3 is 2.34 bits per heavy atom. The molecule has 0 bridgehead atoms. The van der Waals surface area contributed by atoms with Gasteiger partial charge in [0.25, 0.3) is 11.6 Å². The van der Waals surface area contributed by atoms with Crippen molar-refractivity contribution in [2.24, 2.45) is 0 Å². The van der Waals surface area contributed by atoms with Crippen LogP contribution in [0.3, 0.4) is 0 Å². The molecule has 0 radical (unpaired) electrons. The topological polar surface area (TPSA) is 139 Å². The number of nitrogens with zero attached hydrogens (tertiary/aromatic N) is 3. The molecule has 1 amide bonds. The van der Waals surface area contributed by atoms with E-state index in [1.165, 1.54) is 43.4 Å². The maximum atomic E-state index is 12.4. The first kappa shape index (κ1) is 23.2. The highest BCUT2D eigenvalue weighted by Gasteiger charge is 2.23. The van der Waals surface area contributed by atoms with Crippen molar-refractivity contribution in [1.29, 1.82) is 0 Å². The summed E-state index contributed by atoms with van der Waals surface area (Å²) in [6.07, 6.45) is 0. The fourth-order valence-corrected chi connectivity index (χ4v) is 3.98. The first-order chi connectivity index (χ1) is 15.2. The minimum atomic E-state index is -3.71. The molecule has 32 heavy (non-hydrogen) atoms. The number of anilines is 1. The molecule has 1 fully saturated rings. The van der Waals surface area contributed by atoms with Gasteiger partial charge in [-0.1, -0.05) is 6.07 Å². The third kappa shape index (κ3) is 5.39. The van der Waals surface area contributed by atoms with Crippen molar-refractivity contribution in [3.8, 4) is 0 Å². The molecule has 1 heterocycles. The lowest BCUT2D eigenvalue weighted by Crippen LogP contribution is -2.49. The quantitative estimate of drug-likeness (QED) is 0.365. The summed E-state index contributed by atoms with van der Waals surface area (Å²) in [5.41, 5.74) is 0.862. The van der Waals surface area contributed by atoms with E-state index in [4.69, 9.17) is 4.74 Å². The Morgan fingerprint density at radius 2 is 1.75 bits per heavy atom. The monoisotopic (exact) mass is 462 g/mol. The molecule has 3 rings (SSSR count). The van der Waals surface area contributed by atoms with Crippen LogP contribution in [0.25, 0.3) is 0 Å². The number of amides is 1. The summed E-state index contributed by atoms with van der Waals surface area (Å²) in [7, 11) is -2.44. The molecule has 0 atom stereocenters. The largest absolute Gasteiger partial charge is 0.452 e. The molecule has 0 aliphatic carbocycles. The van der Waals surface area contributed by atoms with E-state index in [-0.39, 0.29) is 22.1 Å². The number of hydrogen-bond acceptors (Lipinski definition) is 8. The van der Waals surface area contributed by atoms with Gasteiger partial charge in [0.1, 0.15) is 0 Å². The SMILES string of the molecule is CNS(=O)(=O)c1cccc(C(=O)OCC(=O)N2CCN(c3ccc([N+](=O)[O-])cc3)CC2)c1. The van der Waals surface area contributed by atoms with Gasteiger partial charge in [-0.05, 0) is 37.4 Å². The highest BCUT2D eigenvalue weighted by Crippen LogP contribution is 2.20. The fraction of sp³-hybridized carbons (Fsp3) is 0.300. The average Bonchev–Trinajstić information content (AvgIpc) is 2.82. The van der Waals surface area contributed by atoms with Gasteiger partial charge >= 0.3 is 5.97 Å². The molecule has 0 spiro atoms. The van der Waals surface area contributed by atoms with Crippen molar-refractivity contribution in [2.75, 3.05) is 44.7 Å².